The number of hydrogen-bond donors (Lipinski definition) is 2. The first-order valence-electron chi connectivity index (χ1n) is 6.60. The Morgan fingerprint density at radius 2 is 2.14 bits per heavy atom. The number of nitrogens with zero attached hydrogens (tertiary/aromatic N) is 1. The molecule has 0 saturated carbocycles. The summed E-state index contributed by atoms with van der Waals surface area (Å²) in [6, 6.07) is 4.18. The molecule has 0 bridgehead atoms. The first-order chi connectivity index (χ1) is 9.81. The fourth-order valence-electron chi connectivity index (χ4n) is 2.38. The summed E-state index contributed by atoms with van der Waals surface area (Å²) in [7, 11) is -3.88. The fraction of sp³-hybridized carbons (Fsp3) is 0.462. The number of piperidine rings is 1. The number of nitrogens with one attached hydrogen (secondary N) is 1. The summed E-state index contributed by atoms with van der Waals surface area (Å²) in [5, 5.41) is 9.19. The average molecular weight is 377 g/mol. The Morgan fingerprint density at radius 1 is 1.43 bits per heavy atom. The zero-order chi connectivity index (χ0) is 15.6. The van der Waals surface area contributed by atoms with Gasteiger partial charge in [-0.25, -0.2) is 0 Å². The summed E-state index contributed by atoms with van der Waals surface area (Å²) < 4.78 is 29.3. The molecule has 1 aliphatic heterocycles. The van der Waals surface area contributed by atoms with Gasteiger partial charge in [-0.2, -0.15) is 12.7 Å². The lowest BCUT2D eigenvalue weighted by atomic mass is 10.1. The normalized spacial score (nSPS) is 20.2. The second kappa shape index (κ2) is 6.33. The van der Waals surface area contributed by atoms with Crippen molar-refractivity contribution in [2.24, 2.45) is 0 Å². The van der Waals surface area contributed by atoms with Crippen molar-refractivity contribution in [3.05, 3.63) is 28.2 Å². The smallest absolute Gasteiger partial charge is 0.322 e. The quantitative estimate of drug-likeness (QED) is 0.844. The maximum Gasteiger partial charge on any atom is 0.322 e. The lowest BCUT2D eigenvalue weighted by Gasteiger charge is -2.32. The SMILES string of the molecule is Cc1cc(Br)ccc1NS(=O)(=O)N1CCCCC1C(=O)O. The molecule has 0 spiro atoms. The molecular weight excluding hydrogens is 360 g/mol. The van der Waals surface area contributed by atoms with E-state index in [-0.39, 0.29) is 6.54 Å². The zero-order valence-electron chi connectivity index (χ0n) is 11.5. The van der Waals surface area contributed by atoms with E-state index >= 15 is 0 Å². The topological polar surface area (TPSA) is 86.7 Å². The molecule has 8 heteroatoms. The molecule has 1 atom stereocenters. The minimum Gasteiger partial charge on any atom is -0.480 e. The number of halogens is 1. The summed E-state index contributed by atoms with van der Waals surface area (Å²) in [6.07, 6.45) is 1.74. The van der Waals surface area contributed by atoms with Gasteiger partial charge in [-0.3, -0.25) is 9.52 Å². The van der Waals surface area contributed by atoms with Crippen LogP contribution >= 0.6 is 15.9 Å². The van der Waals surface area contributed by atoms with Gasteiger partial charge < -0.3 is 5.11 Å². The largest absolute Gasteiger partial charge is 0.480 e. The van der Waals surface area contributed by atoms with Crippen LogP contribution in [-0.2, 0) is 15.0 Å². The van der Waals surface area contributed by atoms with Crippen molar-refractivity contribution in [3.8, 4) is 0 Å². The minimum atomic E-state index is -3.88. The lowest BCUT2D eigenvalue weighted by Crippen LogP contribution is -2.50. The van der Waals surface area contributed by atoms with E-state index in [1.54, 1.807) is 25.1 Å². The van der Waals surface area contributed by atoms with Crippen LogP contribution in [0.1, 0.15) is 24.8 Å². The Balaban J connectivity index is 2.26. The van der Waals surface area contributed by atoms with Gasteiger partial charge in [0.15, 0.2) is 0 Å². The Kier molecular flexibility index (Phi) is 4.90. The number of rotatable bonds is 4. The van der Waals surface area contributed by atoms with E-state index < -0.39 is 22.2 Å². The van der Waals surface area contributed by atoms with Crippen LogP contribution in [0.3, 0.4) is 0 Å². The molecule has 1 aromatic rings. The van der Waals surface area contributed by atoms with Crippen LogP contribution in [0.2, 0.25) is 0 Å². The van der Waals surface area contributed by atoms with E-state index in [9.17, 15) is 18.3 Å². The van der Waals surface area contributed by atoms with Crippen LogP contribution in [0, 0.1) is 6.92 Å². The highest BCUT2D eigenvalue weighted by atomic mass is 79.9. The maximum atomic E-state index is 12.4. The average Bonchev–Trinajstić information content (AvgIpc) is 2.42. The van der Waals surface area contributed by atoms with E-state index in [0.29, 0.717) is 18.5 Å². The van der Waals surface area contributed by atoms with Gasteiger partial charge in [0.2, 0.25) is 0 Å². The molecule has 1 heterocycles. The Morgan fingerprint density at radius 3 is 2.76 bits per heavy atom. The second-order valence-corrected chi connectivity index (χ2v) is 7.57. The van der Waals surface area contributed by atoms with E-state index in [2.05, 4.69) is 20.7 Å². The molecule has 0 aromatic heterocycles. The molecule has 21 heavy (non-hydrogen) atoms. The summed E-state index contributed by atoms with van der Waals surface area (Å²) in [6.45, 7) is 2.01. The molecule has 1 aromatic carbocycles. The Hall–Kier alpha value is -1.12. The Bertz CT molecular complexity index is 648. The van der Waals surface area contributed by atoms with Crippen molar-refractivity contribution < 1.29 is 18.3 Å². The third kappa shape index (κ3) is 3.75. The van der Waals surface area contributed by atoms with Crippen LogP contribution in [0.15, 0.2) is 22.7 Å². The first-order valence-corrected chi connectivity index (χ1v) is 8.83. The monoisotopic (exact) mass is 376 g/mol. The number of carboxylic acids is 1. The van der Waals surface area contributed by atoms with Crippen molar-refractivity contribution >= 4 is 37.8 Å². The molecular formula is C13H17BrN2O4S. The number of hydrogen-bond acceptors (Lipinski definition) is 3. The molecule has 0 radical (unpaired) electrons. The molecule has 0 amide bonds. The van der Waals surface area contributed by atoms with Crippen LogP contribution < -0.4 is 4.72 Å². The zero-order valence-corrected chi connectivity index (χ0v) is 13.9. The number of anilines is 1. The lowest BCUT2D eigenvalue weighted by molar-refractivity contribution is -0.142. The summed E-state index contributed by atoms with van der Waals surface area (Å²) in [4.78, 5) is 11.2. The maximum absolute atomic E-state index is 12.4. The van der Waals surface area contributed by atoms with Crippen LogP contribution in [0.25, 0.3) is 0 Å². The van der Waals surface area contributed by atoms with Gasteiger partial charge in [0.1, 0.15) is 6.04 Å². The van der Waals surface area contributed by atoms with Crippen molar-refractivity contribution in [1.29, 1.82) is 0 Å². The molecule has 1 aliphatic rings. The predicted octanol–water partition coefficient (Wildman–Crippen LogP) is 2.35. The van der Waals surface area contributed by atoms with Crippen LogP contribution in [0.5, 0.6) is 0 Å². The molecule has 1 unspecified atom stereocenters. The van der Waals surface area contributed by atoms with E-state index in [1.165, 1.54) is 0 Å². The van der Waals surface area contributed by atoms with Gasteiger partial charge in [0, 0.05) is 11.0 Å². The molecule has 1 saturated heterocycles. The standard InChI is InChI=1S/C13H17BrN2O4S/c1-9-8-10(14)5-6-11(9)15-21(19,20)16-7-3-2-4-12(16)13(17)18/h5-6,8,12,15H,2-4,7H2,1H3,(H,17,18). The van der Waals surface area contributed by atoms with Gasteiger partial charge >= 0.3 is 16.2 Å². The van der Waals surface area contributed by atoms with E-state index in [0.717, 1.165) is 20.8 Å². The number of aliphatic carboxylic acids is 1. The van der Waals surface area contributed by atoms with Crippen LogP contribution in [0.4, 0.5) is 5.69 Å². The van der Waals surface area contributed by atoms with Crippen molar-refractivity contribution in [2.45, 2.75) is 32.2 Å². The van der Waals surface area contributed by atoms with Gasteiger partial charge in [-0.1, -0.05) is 15.9 Å². The fourth-order valence-corrected chi connectivity index (χ4v) is 4.38. The second-order valence-electron chi connectivity index (χ2n) is 5.03. The summed E-state index contributed by atoms with van der Waals surface area (Å²) in [5.74, 6) is -1.10. The highest BCUT2D eigenvalue weighted by molar-refractivity contribution is 9.10. The number of aryl methyl sites for hydroxylation is 1. The third-order valence-corrected chi connectivity index (χ3v) is 5.50. The minimum absolute atomic E-state index is 0.224. The van der Waals surface area contributed by atoms with E-state index in [1.807, 2.05) is 0 Å². The number of carboxylic acid groups (broad SMARTS) is 1. The molecule has 2 N–H and O–H groups in total. The first kappa shape index (κ1) is 16.3. The van der Waals surface area contributed by atoms with E-state index in [4.69, 9.17) is 0 Å². The predicted molar refractivity (Wildman–Crippen MR) is 83.4 cm³/mol. The molecule has 0 aliphatic carbocycles. The molecule has 116 valence electrons. The van der Waals surface area contributed by atoms with Gasteiger partial charge in [0.25, 0.3) is 0 Å². The Labute approximate surface area is 132 Å². The molecule has 1 fully saturated rings. The third-order valence-electron chi connectivity index (χ3n) is 3.47. The van der Waals surface area contributed by atoms with Crippen molar-refractivity contribution in [1.82, 2.24) is 4.31 Å². The number of carbonyl (C=O) groups is 1. The van der Waals surface area contributed by atoms with Crippen LogP contribution in [-0.4, -0.2) is 36.4 Å². The summed E-state index contributed by atoms with van der Waals surface area (Å²) >= 11 is 3.32. The van der Waals surface area contributed by atoms with Crippen molar-refractivity contribution in [2.75, 3.05) is 11.3 Å². The molecule has 6 nitrogen and oxygen atoms in total. The highest BCUT2D eigenvalue weighted by Gasteiger charge is 2.36. The highest BCUT2D eigenvalue weighted by Crippen LogP contribution is 2.25. The summed E-state index contributed by atoms with van der Waals surface area (Å²) in [5.41, 5.74) is 1.21. The number of benzene rings is 1. The van der Waals surface area contributed by atoms with Gasteiger partial charge in [-0.05, 0) is 49.9 Å². The van der Waals surface area contributed by atoms with Gasteiger partial charge in [0.05, 0.1) is 5.69 Å². The van der Waals surface area contributed by atoms with Crippen molar-refractivity contribution in [3.63, 3.8) is 0 Å². The molecule has 2 rings (SSSR count). The van der Waals surface area contributed by atoms with Gasteiger partial charge in [-0.15, -0.1) is 0 Å².